The Morgan fingerprint density at radius 1 is 1.41 bits per heavy atom. The minimum Gasteiger partial charge on any atom is -0.383 e. The van der Waals surface area contributed by atoms with E-state index in [2.05, 4.69) is 48.2 Å². The number of nitrogens with zero attached hydrogens (tertiary/aromatic N) is 2. The highest BCUT2D eigenvalue weighted by molar-refractivity contribution is 5.80. The van der Waals surface area contributed by atoms with Crippen molar-refractivity contribution in [2.75, 3.05) is 53.0 Å². The Balaban J connectivity index is 2.46. The molecule has 2 atom stereocenters. The molecule has 2 unspecified atom stereocenters. The largest absolute Gasteiger partial charge is 0.383 e. The smallest absolute Gasteiger partial charge is 0.191 e. The number of guanidine groups is 1. The first-order chi connectivity index (χ1) is 10.5. The van der Waals surface area contributed by atoms with Crippen molar-refractivity contribution in [3.05, 3.63) is 0 Å². The molecular formula is C16H34N4O2. The highest BCUT2D eigenvalue weighted by atomic mass is 16.5. The quantitative estimate of drug-likeness (QED) is 0.516. The Morgan fingerprint density at radius 2 is 2.18 bits per heavy atom. The second kappa shape index (κ2) is 10.8. The van der Waals surface area contributed by atoms with Crippen LogP contribution in [-0.4, -0.2) is 76.1 Å². The van der Waals surface area contributed by atoms with E-state index in [0.29, 0.717) is 19.1 Å². The fourth-order valence-corrected chi connectivity index (χ4v) is 2.61. The molecule has 1 aliphatic heterocycles. The summed E-state index contributed by atoms with van der Waals surface area (Å²) in [5, 5.41) is 6.62. The Labute approximate surface area is 135 Å². The monoisotopic (exact) mass is 314 g/mol. The molecule has 1 heterocycles. The summed E-state index contributed by atoms with van der Waals surface area (Å²) in [6.07, 6.45) is 0.181. The Morgan fingerprint density at radius 3 is 2.82 bits per heavy atom. The second-order valence-corrected chi connectivity index (χ2v) is 6.37. The van der Waals surface area contributed by atoms with Gasteiger partial charge in [-0.15, -0.1) is 0 Å². The standard InChI is InChI=1S/C16H34N4O2/c1-6-17-16(19-14(4)12-21-5)18-9-15-11-20(7-8-22-15)10-13(2)3/h13-15H,6-12H2,1-5H3,(H2,17,18,19). The lowest BCUT2D eigenvalue weighted by Gasteiger charge is -2.33. The van der Waals surface area contributed by atoms with Gasteiger partial charge >= 0.3 is 0 Å². The van der Waals surface area contributed by atoms with Crippen LogP contribution < -0.4 is 10.6 Å². The van der Waals surface area contributed by atoms with Gasteiger partial charge < -0.3 is 20.1 Å². The maximum atomic E-state index is 5.84. The fourth-order valence-electron chi connectivity index (χ4n) is 2.61. The first kappa shape index (κ1) is 19.2. The van der Waals surface area contributed by atoms with Crippen LogP contribution in [0.15, 0.2) is 4.99 Å². The molecule has 0 saturated carbocycles. The molecule has 1 rings (SSSR count). The maximum absolute atomic E-state index is 5.84. The van der Waals surface area contributed by atoms with Gasteiger partial charge in [-0.2, -0.15) is 0 Å². The molecule has 130 valence electrons. The van der Waals surface area contributed by atoms with E-state index in [-0.39, 0.29) is 12.1 Å². The zero-order valence-electron chi connectivity index (χ0n) is 14.9. The molecule has 0 radical (unpaired) electrons. The minimum atomic E-state index is 0.181. The molecule has 0 aromatic rings. The Bertz CT molecular complexity index is 323. The van der Waals surface area contributed by atoms with Gasteiger partial charge in [0.05, 0.1) is 25.9 Å². The van der Waals surface area contributed by atoms with Gasteiger partial charge in [0.15, 0.2) is 5.96 Å². The zero-order chi connectivity index (χ0) is 16.4. The molecule has 2 N–H and O–H groups in total. The first-order valence-corrected chi connectivity index (χ1v) is 8.42. The molecule has 6 heteroatoms. The van der Waals surface area contributed by atoms with Crippen molar-refractivity contribution >= 4 is 5.96 Å². The SMILES string of the molecule is CCNC(=NCC1CN(CC(C)C)CCO1)NC(C)COC. The summed E-state index contributed by atoms with van der Waals surface area (Å²) < 4.78 is 11.0. The van der Waals surface area contributed by atoms with E-state index in [4.69, 9.17) is 9.47 Å². The molecule has 1 aliphatic rings. The molecule has 0 amide bonds. The number of methoxy groups -OCH3 is 1. The Hall–Kier alpha value is -0.850. The molecule has 0 aromatic carbocycles. The van der Waals surface area contributed by atoms with Crippen LogP contribution in [0.25, 0.3) is 0 Å². The van der Waals surface area contributed by atoms with Gasteiger partial charge in [-0.25, -0.2) is 0 Å². The molecular weight excluding hydrogens is 280 g/mol. The number of hydrogen-bond acceptors (Lipinski definition) is 4. The minimum absolute atomic E-state index is 0.181. The number of nitrogens with one attached hydrogen (secondary N) is 2. The van der Waals surface area contributed by atoms with E-state index >= 15 is 0 Å². The van der Waals surface area contributed by atoms with Gasteiger partial charge in [-0.05, 0) is 19.8 Å². The van der Waals surface area contributed by atoms with Crippen molar-refractivity contribution in [3.8, 4) is 0 Å². The molecule has 0 spiro atoms. The lowest BCUT2D eigenvalue weighted by molar-refractivity contribution is -0.0262. The fraction of sp³-hybridized carbons (Fsp3) is 0.938. The normalized spacial score (nSPS) is 21.9. The van der Waals surface area contributed by atoms with Crippen molar-refractivity contribution in [3.63, 3.8) is 0 Å². The number of morpholine rings is 1. The van der Waals surface area contributed by atoms with E-state index in [9.17, 15) is 0 Å². The summed E-state index contributed by atoms with van der Waals surface area (Å²) in [7, 11) is 1.71. The molecule has 1 fully saturated rings. The van der Waals surface area contributed by atoms with Crippen molar-refractivity contribution in [2.45, 2.75) is 39.8 Å². The predicted molar refractivity (Wildman–Crippen MR) is 91.5 cm³/mol. The van der Waals surface area contributed by atoms with Crippen molar-refractivity contribution in [1.29, 1.82) is 0 Å². The van der Waals surface area contributed by atoms with Crippen molar-refractivity contribution in [2.24, 2.45) is 10.9 Å². The molecule has 0 aromatic heterocycles. The summed E-state index contributed by atoms with van der Waals surface area (Å²) in [5.41, 5.74) is 0. The summed E-state index contributed by atoms with van der Waals surface area (Å²) in [4.78, 5) is 7.13. The van der Waals surface area contributed by atoms with Crippen LogP contribution in [0.3, 0.4) is 0 Å². The van der Waals surface area contributed by atoms with Crippen molar-refractivity contribution in [1.82, 2.24) is 15.5 Å². The van der Waals surface area contributed by atoms with Crippen LogP contribution in [0.1, 0.15) is 27.7 Å². The molecule has 22 heavy (non-hydrogen) atoms. The summed E-state index contributed by atoms with van der Waals surface area (Å²) in [6, 6.07) is 0.229. The average Bonchev–Trinajstić information content (AvgIpc) is 2.45. The van der Waals surface area contributed by atoms with Gasteiger partial charge in [0.2, 0.25) is 0 Å². The van der Waals surface area contributed by atoms with Gasteiger partial charge in [0.25, 0.3) is 0 Å². The number of ether oxygens (including phenoxy) is 2. The van der Waals surface area contributed by atoms with Crippen LogP contribution >= 0.6 is 0 Å². The third-order valence-electron chi connectivity index (χ3n) is 3.44. The number of hydrogen-bond donors (Lipinski definition) is 2. The lowest BCUT2D eigenvalue weighted by Crippen LogP contribution is -2.47. The average molecular weight is 314 g/mol. The van der Waals surface area contributed by atoms with Gasteiger partial charge in [0.1, 0.15) is 0 Å². The predicted octanol–water partition coefficient (Wildman–Crippen LogP) is 0.933. The van der Waals surface area contributed by atoms with Gasteiger partial charge in [-0.1, -0.05) is 13.8 Å². The zero-order valence-corrected chi connectivity index (χ0v) is 14.9. The number of rotatable bonds is 8. The van der Waals surface area contributed by atoms with Gasteiger partial charge in [-0.3, -0.25) is 9.89 Å². The van der Waals surface area contributed by atoms with E-state index in [1.54, 1.807) is 7.11 Å². The summed E-state index contributed by atoms with van der Waals surface area (Å²) in [5.74, 6) is 1.52. The van der Waals surface area contributed by atoms with E-state index in [1.807, 2.05) is 0 Å². The second-order valence-electron chi connectivity index (χ2n) is 6.37. The third kappa shape index (κ3) is 7.96. The van der Waals surface area contributed by atoms with E-state index in [0.717, 1.165) is 38.7 Å². The molecule has 6 nitrogen and oxygen atoms in total. The van der Waals surface area contributed by atoms with E-state index in [1.165, 1.54) is 0 Å². The van der Waals surface area contributed by atoms with Crippen LogP contribution in [0.5, 0.6) is 0 Å². The molecule has 0 bridgehead atoms. The van der Waals surface area contributed by atoms with Crippen LogP contribution in [0.2, 0.25) is 0 Å². The van der Waals surface area contributed by atoms with Crippen LogP contribution in [0, 0.1) is 5.92 Å². The summed E-state index contributed by atoms with van der Waals surface area (Å²) in [6.45, 7) is 14.8. The third-order valence-corrected chi connectivity index (χ3v) is 3.44. The van der Waals surface area contributed by atoms with E-state index < -0.39 is 0 Å². The highest BCUT2D eigenvalue weighted by Crippen LogP contribution is 2.08. The van der Waals surface area contributed by atoms with Crippen LogP contribution in [0.4, 0.5) is 0 Å². The topological polar surface area (TPSA) is 58.1 Å². The Kier molecular flexibility index (Phi) is 9.43. The van der Waals surface area contributed by atoms with Crippen molar-refractivity contribution < 1.29 is 9.47 Å². The lowest BCUT2D eigenvalue weighted by atomic mass is 10.2. The molecule has 1 saturated heterocycles. The maximum Gasteiger partial charge on any atom is 0.191 e. The highest BCUT2D eigenvalue weighted by Gasteiger charge is 2.20. The first-order valence-electron chi connectivity index (χ1n) is 8.42. The van der Waals surface area contributed by atoms with Crippen LogP contribution in [-0.2, 0) is 9.47 Å². The van der Waals surface area contributed by atoms with Gasteiger partial charge in [0, 0.05) is 39.3 Å². The number of aliphatic imine (C=N–C) groups is 1. The molecule has 0 aliphatic carbocycles. The summed E-state index contributed by atoms with van der Waals surface area (Å²) >= 11 is 0.